The number of aliphatic hydroxyl groups is 1. The summed E-state index contributed by atoms with van der Waals surface area (Å²) in [4.78, 5) is 0. The average Bonchev–Trinajstić information content (AvgIpc) is 2.95. The molecule has 3 heteroatoms. The number of rotatable bonds is 4. The van der Waals surface area contributed by atoms with Crippen molar-refractivity contribution in [3.05, 3.63) is 59.2 Å². The highest BCUT2D eigenvalue weighted by Gasteiger charge is 2.32. The normalized spacial score (nSPS) is 18.8. The highest BCUT2D eigenvalue weighted by Crippen LogP contribution is 2.41. The number of hydrogen-bond donors (Lipinski definition) is 2. The Morgan fingerprint density at radius 2 is 1.78 bits per heavy atom. The number of phenolic OH excluding ortho intramolecular Hbond substituents is 1. The van der Waals surface area contributed by atoms with Gasteiger partial charge in [0.25, 0.3) is 0 Å². The summed E-state index contributed by atoms with van der Waals surface area (Å²) in [7, 11) is 1.67. The zero-order valence-electron chi connectivity index (χ0n) is 14.1. The molecule has 0 heterocycles. The van der Waals surface area contributed by atoms with Crippen molar-refractivity contribution in [2.75, 3.05) is 13.7 Å². The van der Waals surface area contributed by atoms with Crippen molar-refractivity contribution in [1.29, 1.82) is 0 Å². The fourth-order valence-corrected chi connectivity index (χ4v) is 3.28. The second-order valence-electron chi connectivity index (χ2n) is 5.69. The molecular weight excluding hydrogens is 288 g/mol. The Bertz CT molecular complexity index is 619. The van der Waals surface area contributed by atoms with Crippen molar-refractivity contribution in [3.63, 3.8) is 0 Å². The van der Waals surface area contributed by atoms with Crippen molar-refractivity contribution < 1.29 is 14.9 Å². The first-order valence-corrected chi connectivity index (χ1v) is 8.27. The molecule has 0 aromatic heterocycles. The maximum Gasteiger partial charge on any atom is 0.119 e. The van der Waals surface area contributed by atoms with E-state index in [2.05, 4.69) is 12.1 Å². The molecule has 1 aliphatic rings. The van der Waals surface area contributed by atoms with E-state index in [0.29, 0.717) is 5.92 Å². The molecule has 0 bridgehead atoms. The summed E-state index contributed by atoms with van der Waals surface area (Å²) in [6.45, 7) is 4.19. The van der Waals surface area contributed by atoms with E-state index in [4.69, 9.17) is 4.74 Å². The molecule has 2 atom stereocenters. The van der Waals surface area contributed by atoms with Gasteiger partial charge in [-0.2, -0.15) is 0 Å². The molecule has 3 nitrogen and oxygen atoms in total. The number of phenols is 1. The van der Waals surface area contributed by atoms with Crippen LogP contribution in [-0.4, -0.2) is 23.9 Å². The Morgan fingerprint density at radius 1 is 1.09 bits per heavy atom. The van der Waals surface area contributed by atoms with Crippen LogP contribution in [0.4, 0.5) is 0 Å². The van der Waals surface area contributed by atoms with Gasteiger partial charge in [0.05, 0.1) is 7.11 Å². The molecule has 124 valence electrons. The second kappa shape index (κ2) is 8.02. The van der Waals surface area contributed by atoms with Crippen molar-refractivity contribution in [2.24, 2.45) is 5.92 Å². The second-order valence-corrected chi connectivity index (χ2v) is 5.69. The van der Waals surface area contributed by atoms with Crippen molar-refractivity contribution in [3.8, 4) is 11.5 Å². The third-order valence-electron chi connectivity index (χ3n) is 4.43. The number of aliphatic hydroxyl groups excluding tert-OH is 1. The van der Waals surface area contributed by atoms with E-state index in [0.717, 1.165) is 18.6 Å². The molecule has 23 heavy (non-hydrogen) atoms. The SMILES string of the molecule is CC.COc1ccc2c(c1)CC(CO)C2Cc1ccc(O)cc1. The van der Waals surface area contributed by atoms with Gasteiger partial charge in [0, 0.05) is 6.61 Å². The molecule has 0 spiro atoms. The first-order valence-electron chi connectivity index (χ1n) is 8.27. The number of ether oxygens (including phenoxy) is 1. The van der Waals surface area contributed by atoms with Crippen molar-refractivity contribution in [1.82, 2.24) is 0 Å². The largest absolute Gasteiger partial charge is 0.508 e. The van der Waals surface area contributed by atoms with Gasteiger partial charge in [0.1, 0.15) is 11.5 Å². The van der Waals surface area contributed by atoms with Crippen LogP contribution in [0.15, 0.2) is 42.5 Å². The molecule has 0 radical (unpaired) electrons. The first kappa shape index (κ1) is 17.4. The summed E-state index contributed by atoms with van der Waals surface area (Å²) in [6, 6.07) is 13.5. The maximum atomic E-state index is 9.69. The Hall–Kier alpha value is -2.00. The zero-order valence-corrected chi connectivity index (χ0v) is 14.1. The van der Waals surface area contributed by atoms with E-state index in [1.165, 1.54) is 16.7 Å². The fourth-order valence-electron chi connectivity index (χ4n) is 3.28. The van der Waals surface area contributed by atoms with Gasteiger partial charge in [0.15, 0.2) is 0 Å². The van der Waals surface area contributed by atoms with E-state index in [-0.39, 0.29) is 18.3 Å². The lowest BCUT2D eigenvalue weighted by molar-refractivity contribution is 0.211. The van der Waals surface area contributed by atoms with Gasteiger partial charge in [-0.25, -0.2) is 0 Å². The molecule has 0 fully saturated rings. The first-order chi connectivity index (χ1) is 11.2. The van der Waals surface area contributed by atoms with Crippen LogP contribution < -0.4 is 4.74 Å². The number of aromatic hydroxyl groups is 1. The predicted octanol–water partition coefficient (Wildman–Crippen LogP) is 3.92. The Balaban J connectivity index is 0.000000924. The number of methoxy groups -OCH3 is 1. The van der Waals surface area contributed by atoms with Crippen LogP contribution in [0.5, 0.6) is 11.5 Å². The third kappa shape index (κ3) is 3.85. The van der Waals surface area contributed by atoms with Gasteiger partial charge in [0.2, 0.25) is 0 Å². The summed E-state index contributed by atoms with van der Waals surface area (Å²) >= 11 is 0. The summed E-state index contributed by atoms with van der Waals surface area (Å²) in [5, 5.41) is 19.1. The van der Waals surface area contributed by atoms with Gasteiger partial charge >= 0.3 is 0 Å². The van der Waals surface area contributed by atoms with Gasteiger partial charge in [-0.15, -0.1) is 0 Å². The molecule has 2 aromatic rings. The summed E-state index contributed by atoms with van der Waals surface area (Å²) in [6.07, 6.45) is 1.77. The predicted molar refractivity (Wildman–Crippen MR) is 93.2 cm³/mol. The number of fused-ring (bicyclic) bond motifs is 1. The van der Waals surface area contributed by atoms with Crippen molar-refractivity contribution in [2.45, 2.75) is 32.6 Å². The van der Waals surface area contributed by atoms with Gasteiger partial charge in [-0.05, 0) is 65.6 Å². The Kier molecular flexibility index (Phi) is 6.05. The van der Waals surface area contributed by atoms with E-state index in [1.807, 2.05) is 32.0 Å². The smallest absolute Gasteiger partial charge is 0.119 e. The summed E-state index contributed by atoms with van der Waals surface area (Å²) < 4.78 is 5.28. The van der Waals surface area contributed by atoms with Crippen LogP contribution in [0.3, 0.4) is 0 Å². The minimum absolute atomic E-state index is 0.194. The van der Waals surface area contributed by atoms with Crippen LogP contribution in [0.25, 0.3) is 0 Å². The highest BCUT2D eigenvalue weighted by molar-refractivity contribution is 5.43. The lowest BCUT2D eigenvalue weighted by Gasteiger charge is -2.18. The Labute approximate surface area is 138 Å². The van der Waals surface area contributed by atoms with Crippen molar-refractivity contribution >= 4 is 0 Å². The third-order valence-corrected chi connectivity index (χ3v) is 4.43. The monoisotopic (exact) mass is 314 g/mol. The molecule has 2 aromatic carbocycles. The van der Waals surface area contributed by atoms with Crippen LogP contribution in [0, 0.1) is 5.92 Å². The van der Waals surface area contributed by atoms with Crippen LogP contribution in [0.2, 0.25) is 0 Å². The summed E-state index contributed by atoms with van der Waals surface area (Å²) in [5.41, 5.74) is 3.76. The molecular formula is C20H26O3. The number of benzene rings is 2. The molecule has 0 saturated carbocycles. The van der Waals surface area contributed by atoms with Gasteiger partial charge < -0.3 is 14.9 Å². The standard InChI is InChI=1S/C18H20O3.C2H6/c1-21-16-6-7-17-13(10-16)9-14(11-19)18(17)8-12-2-4-15(20)5-3-12;1-2/h2-7,10,14,18-20H,8-9,11H2,1H3;1-2H3. The number of hydrogen-bond acceptors (Lipinski definition) is 3. The molecule has 0 saturated heterocycles. The maximum absolute atomic E-state index is 9.69. The quantitative estimate of drug-likeness (QED) is 0.899. The van der Waals surface area contributed by atoms with Gasteiger partial charge in [-0.3, -0.25) is 0 Å². The zero-order chi connectivity index (χ0) is 16.8. The minimum Gasteiger partial charge on any atom is -0.508 e. The Morgan fingerprint density at radius 3 is 2.39 bits per heavy atom. The van der Waals surface area contributed by atoms with Crippen LogP contribution >= 0.6 is 0 Å². The van der Waals surface area contributed by atoms with E-state index < -0.39 is 0 Å². The fraction of sp³-hybridized carbons (Fsp3) is 0.400. The topological polar surface area (TPSA) is 49.7 Å². The molecule has 0 amide bonds. The molecule has 3 rings (SSSR count). The highest BCUT2D eigenvalue weighted by atomic mass is 16.5. The molecule has 0 aliphatic heterocycles. The average molecular weight is 314 g/mol. The molecule has 1 aliphatic carbocycles. The van der Waals surface area contributed by atoms with E-state index in [9.17, 15) is 10.2 Å². The summed E-state index contributed by atoms with van der Waals surface area (Å²) in [5.74, 6) is 1.73. The minimum atomic E-state index is 0.194. The van der Waals surface area contributed by atoms with Gasteiger partial charge in [-0.1, -0.05) is 32.0 Å². The lowest BCUT2D eigenvalue weighted by Crippen LogP contribution is -2.14. The molecule has 2 unspecified atom stereocenters. The van der Waals surface area contributed by atoms with Crippen LogP contribution in [-0.2, 0) is 12.8 Å². The van der Waals surface area contributed by atoms with Crippen LogP contribution in [0.1, 0.15) is 36.5 Å². The van der Waals surface area contributed by atoms with E-state index in [1.54, 1.807) is 19.2 Å². The lowest BCUT2D eigenvalue weighted by atomic mass is 9.87. The molecule has 2 N–H and O–H groups in total. The van der Waals surface area contributed by atoms with E-state index >= 15 is 0 Å².